The second-order valence-electron chi connectivity index (χ2n) is 12.3. The Bertz CT molecular complexity index is 1070. The van der Waals surface area contributed by atoms with Crippen LogP contribution in [0.3, 0.4) is 0 Å². The van der Waals surface area contributed by atoms with Gasteiger partial charge in [0, 0.05) is 41.3 Å². The molecule has 0 amide bonds. The molecule has 0 radical (unpaired) electrons. The zero-order chi connectivity index (χ0) is 21.8. The van der Waals surface area contributed by atoms with Crippen LogP contribution in [0.15, 0.2) is 42.5 Å². The number of aliphatic hydroxyl groups excluding tert-OH is 2. The van der Waals surface area contributed by atoms with Crippen molar-refractivity contribution in [3.05, 3.63) is 48.0 Å². The van der Waals surface area contributed by atoms with Gasteiger partial charge in [0.25, 0.3) is 0 Å². The third-order valence-electron chi connectivity index (χ3n) is 11.6. The zero-order valence-corrected chi connectivity index (χ0v) is 18.5. The van der Waals surface area contributed by atoms with Gasteiger partial charge in [0.1, 0.15) is 6.10 Å². The lowest BCUT2D eigenvalue weighted by molar-refractivity contribution is -0.227. The normalized spacial score (nSPS) is 59.7. The van der Waals surface area contributed by atoms with E-state index in [0.29, 0.717) is 17.4 Å². The van der Waals surface area contributed by atoms with Gasteiger partial charge in [-0.15, -0.1) is 0 Å². The van der Waals surface area contributed by atoms with Crippen LogP contribution in [-0.2, 0) is 4.74 Å². The number of esters is 1. The van der Waals surface area contributed by atoms with Crippen molar-refractivity contribution in [1.82, 2.24) is 4.90 Å². The number of nitrogens with zero attached hydrogens (tertiary/aromatic N) is 1. The highest BCUT2D eigenvalue weighted by Crippen LogP contribution is 2.87. The summed E-state index contributed by atoms with van der Waals surface area (Å²) in [5, 5.41) is 23.7. The van der Waals surface area contributed by atoms with Crippen LogP contribution in [0.5, 0.6) is 0 Å². The number of hydrogen-bond acceptors (Lipinski definition) is 5. The average molecular weight is 434 g/mol. The molecule has 3 heterocycles. The number of hydrogen-bond donors (Lipinski definition) is 2. The van der Waals surface area contributed by atoms with Crippen LogP contribution in [0.25, 0.3) is 0 Å². The van der Waals surface area contributed by atoms with Crippen LogP contribution in [0, 0.1) is 39.9 Å². The monoisotopic (exact) mass is 433 g/mol. The molecule has 5 heteroatoms. The third kappa shape index (κ3) is 1.62. The van der Waals surface area contributed by atoms with E-state index < -0.39 is 6.10 Å². The number of piperidine rings is 2. The summed E-state index contributed by atoms with van der Waals surface area (Å²) in [6.07, 6.45) is 2.60. The van der Waals surface area contributed by atoms with E-state index in [1.807, 2.05) is 18.2 Å². The molecule has 6 saturated carbocycles. The molecular formula is C27H31NO4. The molecule has 13 atom stereocenters. The van der Waals surface area contributed by atoms with E-state index in [4.69, 9.17) is 4.74 Å². The number of benzene rings is 1. The van der Waals surface area contributed by atoms with Crippen molar-refractivity contribution in [1.29, 1.82) is 0 Å². The highest BCUT2D eigenvalue weighted by atomic mass is 16.5. The molecule has 0 aromatic heterocycles. The molecule has 168 valence electrons. The van der Waals surface area contributed by atoms with Gasteiger partial charge in [-0.05, 0) is 55.1 Å². The van der Waals surface area contributed by atoms with Gasteiger partial charge in [0.05, 0.1) is 17.8 Å². The fourth-order valence-corrected chi connectivity index (χ4v) is 11.2. The van der Waals surface area contributed by atoms with Gasteiger partial charge in [-0.2, -0.15) is 0 Å². The molecule has 2 spiro atoms. The first-order chi connectivity index (χ1) is 15.4. The van der Waals surface area contributed by atoms with E-state index in [0.717, 1.165) is 37.8 Å². The van der Waals surface area contributed by atoms with E-state index in [9.17, 15) is 15.0 Å². The van der Waals surface area contributed by atoms with Gasteiger partial charge in [-0.25, -0.2) is 4.79 Å². The summed E-state index contributed by atoms with van der Waals surface area (Å²) in [4.78, 5) is 15.7. The van der Waals surface area contributed by atoms with Crippen molar-refractivity contribution < 1.29 is 19.7 Å². The molecule has 3 aliphatic heterocycles. The first kappa shape index (κ1) is 18.7. The standard InChI is InChI=1S/C27H31NO4/c1-13-11-26-16-10-15(13)20(32-24(31)14-6-4-3-5-7-14)18(26)22-27(16)17(29)8-9-25(2)12-28(22)19(21(25)27)23(26)30/h3-7,15-23,29-30H,1,8-12H2,2H3. The molecule has 9 aliphatic rings. The number of fused-ring (bicyclic) bond motifs is 1. The fourth-order valence-electron chi connectivity index (χ4n) is 11.2. The number of ether oxygens (including phenoxy) is 1. The van der Waals surface area contributed by atoms with Gasteiger partial charge < -0.3 is 14.9 Å². The average Bonchev–Trinajstić information content (AvgIpc) is 3.28. The summed E-state index contributed by atoms with van der Waals surface area (Å²) in [7, 11) is 0. The lowest BCUT2D eigenvalue weighted by Gasteiger charge is -2.66. The molecule has 32 heavy (non-hydrogen) atoms. The van der Waals surface area contributed by atoms with E-state index in [-0.39, 0.29) is 58.3 Å². The summed E-state index contributed by atoms with van der Waals surface area (Å²) < 4.78 is 6.34. The maximum atomic E-state index is 13.2. The van der Waals surface area contributed by atoms with Crippen molar-refractivity contribution >= 4 is 5.97 Å². The van der Waals surface area contributed by atoms with Crippen LogP contribution in [-0.4, -0.2) is 58.0 Å². The Morgan fingerprint density at radius 3 is 2.81 bits per heavy atom. The zero-order valence-electron chi connectivity index (χ0n) is 18.5. The van der Waals surface area contributed by atoms with Crippen molar-refractivity contribution in [2.24, 2.45) is 39.9 Å². The Balaban J connectivity index is 1.30. The predicted molar refractivity (Wildman–Crippen MR) is 116 cm³/mol. The van der Waals surface area contributed by atoms with E-state index in [2.05, 4.69) is 18.4 Å². The lowest BCUT2D eigenvalue weighted by Crippen LogP contribution is -2.70. The largest absolute Gasteiger partial charge is 0.458 e. The number of carbonyl (C=O) groups is 1. The van der Waals surface area contributed by atoms with E-state index in [1.165, 1.54) is 0 Å². The minimum absolute atomic E-state index is 0.0814. The molecular weight excluding hydrogens is 402 g/mol. The summed E-state index contributed by atoms with van der Waals surface area (Å²) >= 11 is 0. The second kappa shape index (κ2) is 5.34. The maximum Gasteiger partial charge on any atom is 0.338 e. The third-order valence-corrected chi connectivity index (χ3v) is 11.6. The quantitative estimate of drug-likeness (QED) is 0.554. The summed E-state index contributed by atoms with van der Waals surface area (Å²) in [5.41, 5.74) is 1.42. The van der Waals surface area contributed by atoms with Crippen molar-refractivity contribution in [2.75, 3.05) is 6.54 Å². The van der Waals surface area contributed by atoms with Gasteiger partial charge in [-0.3, -0.25) is 4.90 Å². The summed E-state index contributed by atoms with van der Waals surface area (Å²) in [6, 6.07) is 9.59. The van der Waals surface area contributed by atoms with Gasteiger partial charge >= 0.3 is 5.97 Å². The van der Waals surface area contributed by atoms with Crippen LogP contribution < -0.4 is 0 Å². The Kier molecular flexibility index (Phi) is 3.12. The molecule has 9 bridgehead atoms. The Morgan fingerprint density at radius 1 is 1.25 bits per heavy atom. The Hall–Kier alpha value is -1.69. The molecule has 5 nitrogen and oxygen atoms in total. The number of carbonyl (C=O) groups excluding carboxylic acids is 1. The van der Waals surface area contributed by atoms with Gasteiger partial charge in [0.15, 0.2) is 0 Å². The highest BCUT2D eigenvalue weighted by molar-refractivity contribution is 5.89. The predicted octanol–water partition coefficient (Wildman–Crippen LogP) is 2.63. The molecule has 3 saturated heterocycles. The fraction of sp³-hybridized carbons (Fsp3) is 0.667. The molecule has 9 fully saturated rings. The van der Waals surface area contributed by atoms with Crippen molar-refractivity contribution in [2.45, 2.75) is 63.0 Å². The SMILES string of the molecule is C=C1CC23C(O)C4C5C6(C)CCC(O)C57C(C2C(OC(=O)c2ccccc2)C1CC37)N4C6. The van der Waals surface area contributed by atoms with E-state index in [1.54, 1.807) is 12.1 Å². The first-order valence-corrected chi connectivity index (χ1v) is 12.4. The molecule has 1 aromatic rings. The molecule has 2 N–H and O–H groups in total. The van der Waals surface area contributed by atoms with Crippen LogP contribution in [0.4, 0.5) is 0 Å². The minimum Gasteiger partial charge on any atom is -0.458 e. The van der Waals surface area contributed by atoms with Gasteiger partial charge in [-0.1, -0.05) is 37.3 Å². The highest BCUT2D eigenvalue weighted by Gasteiger charge is 2.92. The summed E-state index contributed by atoms with van der Waals surface area (Å²) in [6.45, 7) is 7.82. The molecule has 10 rings (SSSR count). The minimum atomic E-state index is -0.433. The van der Waals surface area contributed by atoms with Crippen LogP contribution in [0.2, 0.25) is 0 Å². The van der Waals surface area contributed by atoms with Crippen molar-refractivity contribution in [3.63, 3.8) is 0 Å². The smallest absolute Gasteiger partial charge is 0.338 e. The number of rotatable bonds is 2. The Labute approximate surface area is 188 Å². The summed E-state index contributed by atoms with van der Waals surface area (Å²) in [5.74, 6) is 0.574. The Morgan fingerprint density at radius 2 is 2.03 bits per heavy atom. The molecule has 1 aromatic carbocycles. The van der Waals surface area contributed by atoms with Crippen LogP contribution in [0.1, 0.15) is 43.0 Å². The molecule has 13 unspecified atom stereocenters. The second-order valence-corrected chi connectivity index (χ2v) is 12.3. The van der Waals surface area contributed by atoms with Gasteiger partial charge in [0.2, 0.25) is 0 Å². The van der Waals surface area contributed by atoms with Crippen molar-refractivity contribution in [3.8, 4) is 0 Å². The van der Waals surface area contributed by atoms with Crippen LogP contribution >= 0.6 is 0 Å². The maximum absolute atomic E-state index is 13.2. The lowest BCUT2D eigenvalue weighted by atomic mass is 9.39. The first-order valence-electron chi connectivity index (χ1n) is 12.4. The van der Waals surface area contributed by atoms with E-state index >= 15 is 0 Å². The topological polar surface area (TPSA) is 70.0 Å². The molecule has 6 aliphatic carbocycles. The number of aliphatic hydroxyl groups is 2.